The molecule has 0 amide bonds. The van der Waals surface area contributed by atoms with Crippen LogP contribution in [0.2, 0.25) is 0 Å². The average molecular weight is 669 g/mol. The highest BCUT2D eigenvalue weighted by molar-refractivity contribution is 7.52. The van der Waals surface area contributed by atoms with Gasteiger partial charge < -0.3 is 35.1 Å². The highest BCUT2D eigenvalue weighted by Crippen LogP contribution is 2.46. The van der Waals surface area contributed by atoms with Gasteiger partial charge in [0, 0.05) is 0 Å². The van der Waals surface area contributed by atoms with Crippen molar-refractivity contribution in [3.8, 4) is 11.6 Å². The maximum absolute atomic E-state index is 14.4. The SMILES string of the molecule is CC=C[C@H](O)[C@@](O)(F)COP(=O)(NC(C)C(=O)OC1CCCCC1)Oc1ccccc1.CCOc1nc(N)nc2c1ncn2CO. The molecule has 2 unspecified atom stereocenters. The monoisotopic (exact) mass is 668 g/mol. The van der Waals surface area contributed by atoms with Gasteiger partial charge in [0.25, 0.3) is 5.85 Å². The van der Waals surface area contributed by atoms with E-state index in [1.165, 1.54) is 43.0 Å². The van der Waals surface area contributed by atoms with E-state index in [0.717, 1.165) is 38.2 Å². The van der Waals surface area contributed by atoms with Crippen LogP contribution in [0.25, 0.3) is 11.2 Å². The van der Waals surface area contributed by atoms with Crippen LogP contribution >= 0.6 is 7.75 Å². The summed E-state index contributed by atoms with van der Waals surface area (Å²) in [6.45, 7) is 3.89. The summed E-state index contributed by atoms with van der Waals surface area (Å²) in [5.74, 6) is -3.29. The molecule has 1 fully saturated rings. The Bertz CT molecular complexity index is 1470. The Balaban J connectivity index is 0.000000318. The average Bonchev–Trinajstić information content (AvgIpc) is 3.45. The Kier molecular flexibility index (Phi) is 13.9. The predicted octanol–water partition coefficient (Wildman–Crippen LogP) is 3.40. The molecule has 17 heteroatoms. The maximum Gasteiger partial charge on any atom is 0.459 e. The van der Waals surface area contributed by atoms with E-state index in [4.69, 9.17) is 29.4 Å². The molecular weight excluding hydrogens is 626 g/mol. The third-order valence-corrected chi connectivity index (χ3v) is 8.28. The number of esters is 1. The number of alkyl halides is 1. The summed E-state index contributed by atoms with van der Waals surface area (Å²) in [5, 5.41) is 31.0. The minimum absolute atomic E-state index is 0.0983. The highest BCUT2D eigenvalue weighted by Gasteiger charge is 2.40. The minimum Gasteiger partial charge on any atom is -0.476 e. The topological polar surface area (TPSA) is 213 Å². The molecule has 1 aliphatic carbocycles. The first-order valence-corrected chi connectivity index (χ1v) is 16.4. The van der Waals surface area contributed by atoms with Crippen LogP contribution in [0.1, 0.15) is 52.9 Å². The molecule has 4 atom stereocenters. The van der Waals surface area contributed by atoms with E-state index < -0.39 is 38.3 Å². The molecule has 0 bridgehead atoms. The van der Waals surface area contributed by atoms with E-state index in [9.17, 15) is 24.0 Å². The fourth-order valence-corrected chi connectivity index (χ4v) is 5.83. The number of nitrogens with two attached hydrogens (primary N) is 1. The van der Waals surface area contributed by atoms with Crippen LogP contribution in [-0.4, -0.2) is 78.1 Å². The molecular formula is C29H42FN6O9P. The largest absolute Gasteiger partial charge is 0.476 e. The molecule has 15 nitrogen and oxygen atoms in total. The summed E-state index contributed by atoms with van der Waals surface area (Å²) in [6, 6.07) is 6.87. The summed E-state index contributed by atoms with van der Waals surface area (Å²) in [6.07, 6.45) is 6.30. The number of nitrogens with one attached hydrogen (secondary N) is 1. The number of carbonyl (C=O) groups is 1. The molecule has 2 heterocycles. The number of nitrogens with zero attached hydrogens (tertiary/aromatic N) is 4. The third-order valence-electron chi connectivity index (χ3n) is 6.66. The molecule has 4 rings (SSSR count). The van der Waals surface area contributed by atoms with Gasteiger partial charge in [0.15, 0.2) is 11.2 Å². The van der Waals surface area contributed by atoms with Gasteiger partial charge in [-0.05, 0) is 58.6 Å². The number of hydrogen-bond donors (Lipinski definition) is 5. The number of rotatable bonds is 14. The number of hydrogen-bond acceptors (Lipinski definition) is 13. The van der Waals surface area contributed by atoms with Gasteiger partial charge in [-0.15, -0.1) is 0 Å². The van der Waals surface area contributed by atoms with Gasteiger partial charge in [-0.2, -0.15) is 15.1 Å². The Morgan fingerprint density at radius 1 is 1.26 bits per heavy atom. The fourth-order valence-electron chi connectivity index (χ4n) is 4.32. The number of nitrogen functional groups attached to an aromatic ring is 1. The maximum atomic E-state index is 14.4. The number of aliphatic hydroxyl groups excluding tert-OH is 2. The normalized spacial score (nSPS) is 17.7. The second kappa shape index (κ2) is 17.3. The van der Waals surface area contributed by atoms with Crippen LogP contribution < -0.4 is 20.1 Å². The summed E-state index contributed by atoms with van der Waals surface area (Å²) >= 11 is 0. The molecule has 46 heavy (non-hydrogen) atoms. The smallest absolute Gasteiger partial charge is 0.459 e. The van der Waals surface area contributed by atoms with E-state index >= 15 is 0 Å². The van der Waals surface area contributed by atoms with E-state index in [0.29, 0.717) is 23.7 Å². The first-order chi connectivity index (χ1) is 21.9. The molecule has 254 valence electrons. The summed E-state index contributed by atoms with van der Waals surface area (Å²) in [4.78, 5) is 24.4. The van der Waals surface area contributed by atoms with Crippen molar-refractivity contribution in [2.45, 2.75) is 83.7 Å². The molecule has 0 radical (unpaired) electrons. The van der Waals surface area contributed by atoms with E-state index in [1.54, 1.807) is 18.2 Å². The number of carbonyl (C=O) groups excluding carboxylic acids is 1. The number of benzene rings is 1. The lowest BCUT2D eigenvalue weighted by Gasteiger charge is -2.28. The van der Waals surface area contributed by atoms with Crippen LogP contribution in [0, 0.1) is 0 Å². The van der Waals surface area contributed by atoms with Crippen molar-refractivity contribution in [1.82, 2.24) is 24.6 Å². The van der Waals surface area contributed by atoms with Crippen molar-refractivity contribution in [3.05, 3.63) is 48.8 Å². The van der Waals surface area contributed by atoms with Crippen molar-refractivity contribution in [3.63, 3.8) is 0 Å². The van der Waals surface area contributed by atoms with Gasteiger partial charge in [-0.1, -0.05) is 36.8 Å². The summed E-state index contributed by atoms with van der Waals surface area (Å²) < 4.78 is 50.3. The third kappa shape index (κ3) is 10.7. The fraction of sp³-hybridized carbons (Fsp3) is 0.517. The van der Waals surface area contributed by atoms with Crippen molar-refractivity contribution < 1.29 is 47.6 Å². The lowest BCUT2D eigenvalue weighted by atomic mass is 9.98. The lowest BCUT2D eigenvalue weighted by Crippen LogP contribution is -2.42. The van der Waals surface area contributed by atoms with Crippen LogP contribution in [0.3, 0.4) is 0 Å². The van der Waals surface area contributed by atoms with Crippen molar-refractivity contribution in [2.24, 2.45) is 0 Å². The van der Waals surface area contributed by atoms with Crippen LogP contribution in [-0.2, 0) is 25.4 Å². The van der Waals surface area contributed by atoms with Gasteiger partial charge in [-0.25, -0.2) is 13.9 Å². The van der Waals surface area contributed by atoms with Crippen LogP contribution in [0.4, 0.5) is 10.3 Å². The number of imidazole rings is 1. The summed E-state index contributed by atoms with van der Waals surface area (Å²) in [7, 11) is -4.35. The number of aliphatic hydroxyl groups is 3. The predicted molar refractivity (Wildman–Crippen MR) is 166 cm³/mol. The number of halogens is 1. The Morgan fingerprint density at radius 2 is 1.96 bits per heavy atom. The van der Waals surface area contributed by atoms with Crippen molar-refractivity contribution >= 4 is 30.8 Å². The van der Waals surface area contributed by atoms with Crippen LogP contribution in [0.5, 0.6) is 11.6 Å². The first kappa shape index (κ1) is 36.8. The molecule has 3 aromatic rings. The van der Waals surface area contributed by atoms with Gasteiger partial charge in [0.2, 0.25) is 11.8 Å². The molecule has 1 saturated carbocycles. The second-order valence-corrected chi connectivity index (χ2v) is 12.1. The highest BCUT2D eigenvalue weighted by atomic mass is 31.2. The molecule has 0 aliphatic heterocycles. The zero-order chi connectivity index (χ0) is 33.7. The minimum atomic E-state index is -4.35. The standard InChI is InChI=1S/C21H31FNO7P.C8H11N5O2/c1-3-10-19(24)21(22,26)15-28-31(27,30-18-13-8-5-9-14-18)23-16(2)20(25)29-17-11-6-4-7-12-17;1-2-15-7-5-6(11-8(9)12-7)13(4-14)3-10-5/h3,5,8-10,13-14,16-17,19,24,26H,4,6-7,11-12,15H2,1-2H3,(H,23,27);3,14H,2,4H2,1H3,(H2,9,11,12)/t16?,19-,21+,31?;/m0./s1. The molecule has 0 spiro atoms. The number of allylic oxidation sites excluding steroid dienone is 1. The zero-order valence-corrected chi connectivity index (χ0v) is 26.9. The quantitative estimate of drug-likeness (QED) is 0.0946. The zero-order valence-electron chi connectivity index (χ0n) is 26.0. The van der Waals surface area contributed by atoms with E-state index in [2.05, 4.69) is 20.0 Å². The molecule has 6 N–H and O–H groups in total. The van der Waals surface area contributed by atoms with Crippen LogP contribution in [0.15, 0.2) is 48.8 Å². The first-order valence-electron chi connectivity index (χ1n) is 14.8. The van der Waals surface area contributed by atoms with E-state index in [1.807, 2.05) is 6.92 Å². The number of anilines is 1. The number of para-hydroxylation sites is 1. The van der Waals surface area contributed by atoms with Crippen molar-refractivity contribution in [2.75, 3.05) is 18.9 Å². The summed E-state index contributed by atoms with van der Waals surface area (Å²) in [5.41, 5.74) is 6.48. The number of aromatic nitrogens is 4. The van der Waals surface area contributed by atoms with Gasteiger partial charge in [0.05, 0.1) is 12.9 Å². The second-order valence-electron chi connectivity index (χ2n) is 10.4. The molecule has 0 saturated heterocycles. The number of fused-ring (bicyclic) bond motifs is 1. The molecule has 1 aliphatic rings. The van der Waals surface area contributed by atoms with Gasteiger partial charge >= 0.3 is 13.7 Å². The van der Waals surface area contributed by atoms with E-state index in [-0.39, 0.29) is 24.5 Å². The Hall–Kier alpha value is -3.66. The molecule has 2 aromatic heterocycles. The Labute approximate surface area is 266 Å². The Morgan fingerprint density at radius 3 is 2.59 bits per heavy atom. The van der Waals surface area contributed by atoms with Crippen molar-refractivity contribution in [1.29, 1.82) is 0 Å². The lowest BCUT2D eigenvalue weighted by molar-refractivity contribution is -0.173. The van der Waals surface area contributed by atoms with Gasteiger partial charge in [0.1, 0.15) is 37.3 Å². The van der Waals surface area contributed by atoms with Gasteiger partial charge in [-0.3, -0.25) is 13.9 Å². The molecule has 1 aromatic carbocycles. The number of ether oxygens (including phenoxy) is 2.